The maximum atomic E-state index is 13.3. The molecule has 0 atom stereocenters. The molecule has 0 fully saturated rings. The number of hydrogen-bond acceptors (Lipinski definition) is 5. The third-order valence-electron chi connectivity index (χ3n) is 4.88. The summed E-state index contributed by atoms with van der Waals surface area (Å²) in [5.41, 5.74) is 2.35. The van der Waals surface area contributed by atoms with E-state index in [-0.39, 0.29) is 11.3 Å². The Morgan fingerprint density at radius 3 is 2.58 bits per heavy atom. The SMILES string of the molecule is O=c1c2ccccc2nc(SCc2cn3cc(Cl)ccc3n2)n1-c1ccc(OC(F)F)cc1. The molecule has 6 nitrogen and oxygen atoms in total. The van der Waals surface area contributed by atoms with Crippen LogP contribution in [0, 0.1) is 0 Å². The largest absolute Gasteiger partial charge is 0.435 e. The van der Waals surface area contributed by atoms with E-state index in [1.807, 2.05) is 22.7 Å². The van der Waals surface area contributed by atoms with Crippen LogP contribution in [0.1, 0.15) is 5.69 Å². The van der Waals surface area contributed by atoms with Gasteiger partial charge < -0.3 is 9.14 Å². The molecule has 0 N–H and O–H groups in total. The number of fused-ring (bicyclic) bond motifs is 2. The van der Waals surface area contributed by atoms with Crippen LogP contribution < -0.4 is 10.3 Å². The first-order valence-corrected chi connectivity index (χ1v) is 11.2. The van der Waals surface area contributed by atoms with Gasteiger partial charge in [0.15, 0.2) is 5.16 Å². The highest BCUT2D eigenvalue weighted by atomic mass is 35.5. The van der Waals surface area contributed by atoms with Crippen molar-refractivity contribution in [2.24, 2.45) is 0 Å². The maximum Gasteiger partial charge on any atom is 0.387 e. The Morgan fingerprint density at radius 1 is 1.00 bits per heavy atom. The van der Waals surface area contributed by atoms with Crippen LogP contribution in [0.3, 0.4) is 0 Å². The van der Waals surface area contributed by atoms with Gasteiger partial charge >= 0.3 is 6.61 Å². The summed E-state index contributed by atoms with van der Waals surface area (Å²) in [6.45, 7) is -2.92. The molecule has 3 aromatic heterocycles. The molecule has 0 aliphatic carbocycles. The van der Waals surface area contributed by atoms with E-state index in [4.69, 9.17) is 11.6 Å². The zero-order valence-electron chi connectivity index (χ0n) is 16.9. The summed E-state index contributed by atoms with van der Waals surface area (Å²) in [6, 6.07) is 16.5. The van der Waals surface area contributed by atoms with Crippen molar-refractivity contribution >= 4 is 39.9 Å². The van der Waals surface area contributed by atoms with Gasteiger partial charge in [0.25, 0.3) is 5.56 Å². The number of pyridine rings is 1. The molecule has 0 radical (unpaired) electrons. The van der Waals surface area contributed by atoms with Crippen molar-refractivity contribution in [3.63, 3.8) is 0 Å². The van der Waals surface area contributed by atoms with E-state index in [1.54, 1.807) is 42.6 Å². The normalized spacial score (nSPS) is 11.5. The molecule has 10 heteroatoms. The van der Waals surface area contributed by atoms with Crippen molar-refractivity contribution in [1.82, 2.24) is 18.9 Å². The molecule has 0 aliphatic rings. The zero-order valence-corrected chi connectivity index (χ0v) is 18.4. The molecular formula is C23H15ClF2N4O2S. The Morgan fingerprint density at radius 2 is 1.79 bits per heavy atom. The van der Waals surface area contributed by atoms with Gasteiger partial charge in [0, 0.05) is 18.1 Å². The van der Waals surface area contributed by atoms with Crippen molar-refractivity contribution in [1.29, 1.82) is 0 Å². The highest BCUT2D eigenvalue weighted by Gasteiger charge is 2.15. The van der Waals surface area contributed by atoms with Crippen LogP contribution in [0.15, 0.2) is 83.0 Å². The number of ether oxygens (including phenoxy) is 1. The van der Waals surface area contributed by atoms with Crippen molar-refractivity contribution in [3.8, 4) is 11.4 Å². The molecule has 3 heterocycles. The number of nitrogens with zero attached hydrogens (tertiary/aromatic N) is 4. The summed E-state index contributed by atoms with van der Waals surface area (Å²) in [5, 5.41) is 1.51. The average Bonchev–Trinajstić information content (AvgIpc) is 3.20. The van der Waals surface area contributed by atoms with Crippen molar-refractivity contribution in [3.05, 3.63) is 94.1 Å². The lowest BCUT2D eigenvalue weighted by molar-refractivity contribution is -0.0498. The predicted octanol–water partition coefficient (Wildman–Crippen LogP) is 5.58. The van der Waals surface area contributed by atoms with Gasteiger partial charge in [-0.25, -0.2) is 9.97 Å². The van der Waals surface area contributed by atoms with Gasteiger partial charge in [-0.1, -0.05) is 35.5 Å². The van der Waals surface area contributed by atoms with E-state index >= 15 is 0 Å². The van der Waals surface area contributed by atoms with Gasteiger partial charge in [0.05, 0.1) is 27.3 Å². The van der Waals surface area contributed by atoms with Crippen molar-refractivity contribution in [2.45, 2.75) is 17.5 Å². The van der Waals surface area contributed by atoms with E-state index < -0.39 is 6.61 Å². The van der Waals surface area contributed by atoms with Crippen LogP contribution in [0.2, 0.25) is 5.02 Å². The van der Waals surface area contributed by atoms with Crippen LogP contribution in [0.4, 0.5) is 8.78 Å². The fourth-order valence-corrected chi connectivity index (χ4v) is 4.50. The molecular weight excluding hydrogens is 470 g/mol. The lowest BCUT2D eigenvalue weighted by atomic mass is 10.2. The molecule has 166 valence electrons. The van der Waals surface area contributed by atoms with Gasteiger partial charge in [-0.05, 0) is 48.5 Å². The van der Waals surface area contributed by atoms with Gasteiger partial charge in [-0.15, -0.1) is 0 Å². The van der Waals surface area contributed by atoms with E-state index in [2.05, 4.69) is 14.7 Å². The number of para-hydroxylation sites is 1. The second-order valence-corrected chi connectivity index (χ2v) is 8.44. The lowest BCUT2D eigenvalue weighted by Gasteiger charge is -2.13. The Kier molecular flexibility index (Phi) is 5.74. The van der Waals surface area contributed by atoms with Gasteiger partial charge in [0.1, 0.15) is 11.4 Å². The Balaban J connectivity index is 1.54. The summed E-state index contributed by atoms with van der Waals surface area (Å²) >= 11 is 7.40. The molecule has 0 spiro atoms. The number of aromatic nitrogens is 4. The van der Waals surface area contributed by atoms with E-state index in [0.717, 1.165) is 11.3 Å². The second kappa shape index (κ2) is 8.84. The maximum absolute atomic E-state index is 13.3. The fraction of sp³-hybridized carbons (Fsp3) is 0.0870. The molecule has 0 saturated carbocycles. The first-order chi connectivity index (χ1) is 16.0. The van der Waals surface area contributed by atoms with Crippen molar-refractivity contribution in [2.75, 3.05) is 0 Å². The Bertz CT molecular complexity index is 1520. The molecule has 2 aromatic carbocycles. The highest BCUT2D eigenvalue weighted by Crippen LogP contribution is 2.26. The molecule has 5 rings (SSSR count). The van der Waals surface area contributed by atoms with Crippen LogP contribution in [-0.2, 0) is 5.75 Å². The summed E-state index contributed by atoms with van der Waals surface area (Å²) in [5.74, 6) is 0.463. The first-order valence-electron chi connectivity index (χ1n) is 9.81. The number of imidazole rings is 1. The molecule has 0 unspecified atom stereocenters. The topological polar surface area (TPSA) is 61.4 Å². The number of alkyl halides is 2. The van der Waals surface area contributed by atoms with E-state index in [9.17, 15) is 13.6 Å². The first kappa shape index (κ1) is 21.4. The standard InChI is InChI=1S/C23H15ClF2N4O2S/c24-14-5-10-20-27-15(12-29(20)11-14)13-33-23-28-19-4-2-1-3-18(19)21(31)30(23)16-6-8-17(9-7-16)32-22(25)26/h1-12,22H,13H2. The quantitative estimate of drug-likeness (QED) is 0.232. The minimum absolute atomic E-state index is 0.00751. The van der Waals surface area contributed by atoms with Crippen molar-refractivity contribution < 1.29 is 13.5 Å². The minimum atomic E-state index is -2.92. The lowest BCUT2D eigenvalue weighted by Crippen LogP contribution is -2.21. The summed E-state index contributed by atoms with van der Waals surface area (Å²) < 4.78 is 32.7. The predicted molar refractivity (Wildman–Crippen MR) is 124 cm³/mol. The number of hydrogen-bond donors (Lipinski definition) is 0. The van der Waals surface area contributed by atoms with E-state index in [1.165, 1.54) is 28.5 Å². The van der Waals surface area contributed by atoms with Crippen LogP contribution in [-0.4, -0.2) is 25.5 Å². The van der Waals surface area contributed by atoms with E-state index in [0.29, 0.717) is 32.5 Å². The van der Waals surface area contributed by atoms with Gasteiger partial charge in [-0.2, -0.15) is 8.78 Å². The highest BCUT2D eigenvalue weighted by molar-refractivity contribution is 7.98. The monoisotopic (exact) mass is 484 g/mol. The summed E-state index contributed by atoms with van der Waals surface area (Å²) in [4.78, 5) is 22.6. The third kappa shape index (κ3) is 4.42. The third-order valence-corrected chi connectivity index (χ3v) is 6.07. The van der Waals surface area contributed by atoms with Crippen LogP contribution in [0.5, 0.6) is 5.75 Å². The minimum Gasteiger partial charge on any atom is -0.435 e. The Hall–Kier alpha value is -3.43. The molecule has 0 aliphatic heterocycles. The summed E-state index contributed by atoms with van der Waals surface area (Å²) in [6.07, 6.45) is 3.64. The van der Waals surface area contributed by atoms with Crippen LogP contribution >= 0.6 is 23.4 Å². The fourth-order valence-electron chi connectivity index (χ4n) is 3.44. The Labute approximate surface area is 195 Å². The van der Waals surface area contributed by atoms with Gasteiger partial charge in [0.2, 0.25) is 0 Å². The van der Waals surface area contributed by atoms with Crippen LogP contribution in [0.25, 0.3) is 22.2 Å². The molecule has 0 amide bonds. The molecule has 0 bridgehead atoms. The summed E-state index contributed by atoms with van der Waals surface area (Å²) in [7, 11) is 0. The smallest absolute Gasteiger partial charge is 0.387 e. The molecule has 0 saturated heterocycles. The number of halogens is 3. The zero-order chi connectivity index (χ0) is 22.9. The number of rotatable bonds is 6. The average molecular weight is 485 g/mol. The molecule has 33 heavy (non-hydrogen) atoms. The number of benzene rings is 2. The molecule has 5 aromatic rings. The van der Waals surface area contributed by atoms with Gasteiger partial charge in [-0.3, -0.25) is 9.36 Å². The number of thioether (sulfide) groups is 1. The second-order valence-electron chi connectivity index (χ2n) is 7.06.